The Kier molecular flexibility index (Phi) is 6.51. The Bertz CT molecular complexity index is 648. The summed E-state index contributed by atoms with van der Waals surface area (Å²) in [5.41, 5.74) is 0.761. The molecule has 1 aromatic heterocycles. The van der Waals surface area contributed by atoms with Gasteiger partial charge in [0.1, 0.15) is 12.4 Å². The monoisotopic (exact) mass is 342 g/mol. The van der Waals surface area contributed by atoms with Gasteiger partial charge in [-0.2, -0.15) is 0 Å². The van der Waals surface area contributed by atoms with Crippen molar-refractivity contribution < 1.29 is 13.9 Å². The second-order valence-electron chi connectivity index (χ2n) is 6.39. The van der Waals surface area contributed by atoms with Crippen LogP contribution in [0.1, 0.15) is 41.8 Å². The number of nitrogens with zero attached hydrogens (tertiary/aromatic N) is 1. The number of carbonyl (C=O) groups is 1. The molecule has 1 fully saturated rings. The number of benzene rings is 1. The molecular weight excluding hydrogens is 316 g/mol. The van der Waals surface area contributed by atoms with Crippen LogP contribution in [0.5, 0.6) is 5.75 Å². The maximum Gasteiger partial charge on any atom is 0.287 e. The van der Waals surface area contributed by atoms with Gasteiger partial charge in [0.2, 0.25) is 0 Å². The van der Waals surface area contributed by atoms with Crippen molar-refractivity contribution >= 4 is 5.91 Å². The molecule has 0 bridgehead atoms. The quantitative estimate of drug-likeness (QED) is 0.747. The highest BCUT2D eigenvalue weighted by atomic mass is 16.5. The van der Waals surface area contributed by atoms with Gasteiger partial charge in [-0.1, -0.05) is 24.6 Å². The highest BCUT2D eigenvalue weighted by Gasteiger charge is 2.16. The largest absolute Gasteiger partial charge is 0.489 e. The van der Waals surface area contributed by atoms with Crippen molar-refractivity contribution in [3.05, 3.63) is 54.0 Å². The number of hydrogen-bond donors (Lipinski definition) is 1. The Morgan fingerprint density at radius 3 is 2.72 bits per heavy atom. The van der Waals surface area contributed by atoms with E-state index in [0.717, 1.165) is 24.3 Å². The minimum absolute atomic E-state index is 0.171. The van der Waals surface area contributed by atoms with Crippen molar-refractivity contribution in [2.45, 2.75) is 32.3 Å². The first-order valence-corrected chi connectivity index (χ1v) is 9.08. The number of amides is 1. The molecule has 0 atom stereocenters. The van der Waals surface area contributed by atoms with Crippen molar-refractivity contribution in [3.63, 3.8) is 0 Å². The average Bonchev–Trinajstić information content (AvgIpc) is 3.14. The minimum atomic E-state index is -0.171. The summed E-state index contributed by atoms with van der Waals surface area (Å²) in [7, 11) is 0. The van der Waals surface area contributed by atoms with E-state index in [1.165, 1.54) is 38.6 Å². The Morgan fingerprint density at radius 1 is 1.12 bits per heavy atom. The fraction of sp³-hybridized carbons (Fsp3) is 0.450. The summed E-state index contributed by atoms with van der Waals surface area (Å²) < 4.78 is 11.1. The molecule has 25 heavy (non-hydrogen) atoms. The maximum atomic E-state index is 12.3. The van der Waals surface area contributed by atoms with Crippen LogP contribution in [-0.2, 0) is 6.61 Å². The van der Waals surface area contributed by atoms with Crippen LogP contribution in [0.25, 0.3) is 0 Å². The van der Waals surface area contributed by atoms with E-state index in [4.69, 9.17) is 9.15 Å². The molecule has 5 nitrogen and oxygen atoms in total. The van der Waals surface area contributed by atoms with E-state index in [9.17, 15) is 4.79 Å². The Labute approximate surface area is 149 Å². The van der Waals surface area contributed by atoms with Gasteiger partial charge in [0.05, 0.1) is 6.26 Å². The third-order valence-corrected chi connectivity index (χ3v) is 4.48. The van der Waals surface area contributed by atoms with Crippen molar-refractivity contribution in [2.24, 2.45) is 0 Å². The van der Waals surface area contributed by atoms with Crippen LogP contribution >= 0.6 is 0 Å². The van der Waals surface area contributed by atoms with Gasteiger partial charge in [-0.3, -0.25) is 4.79 Å². The highest BCUT2D eigenvalue weighted by Crippen LogP contribution is 2.16. The molecule has 0 spiro atoms. The topological polar surface area (TPSA) is 54.7 Å². The fourth-order valence-electron chi connectivity index (χ4n) is 3.09. The van der Waals surface area contributed by atoms with Gasteiger partial charge in [0.15, 0.2) is 5.76 Å². The minimum Gasteiger partial charge on any atom is -0.489 e. The van der Waals surface area contributed by atoms with E-state index >= 15 is 0 Å². The molecule has 2 aromatic rings. The molecule has 0 saturated carbocycles. The first-order valence-electron chi connectivity index (χ1n) is 9.08. The number of piperidine rings is 1. The van der Waals surface area contributed by atoms with E-state index in [-0.39, 0.29) is 5.91 Å². The van der Waals surface area contributed by atoms with Gasteiger partial charge < -0.3 is 19.4 Å². The zero-order valence-electron chi connectivity index (χ0n) is 14.6. The predicted molar refractivity (Wildman–Crippen MR) is 96.7 cm³/mol. The third kappa shape index (κ3) is 5.36. The first kappa shape index (κ1) is 17.5. The Hall–Kier alpha value is -2.27. The molecule has 1 aliphatic rings. The Balaban J connectivity index is 1.42. The van der Waals surface area contributed by atoms with Crippen LogP contribution in [0.2, 0.25) is 0 Å². The summed E-state index contributed by atoms with van der Waals surface area (Å²) >= 11 is 0. The van der Waals surface area contributed by atoms with E-state index in [0.29, 0.717) is 18.9 Å². The second kappa shape index (κ2) is 9.28. The fourth-order valence-corrected chi connectivity index (χ4v) is 3.09. The van der Waals surface area contributed by atoms with Crippen LogP contribution < -0.4 is 10.1 Å². The lowest BCUT2D eigenvalue weighted by Gasteiger charge is -2.26. The van der Waals surface area contributed by atoms with Gasteiger partial charge in [0.25, 0.3) is 5.91 Å². The summed E-state index contributed by atoms with van der Waals surface area (Å²) in [5, 5.41) is 2.95. The molecule has 1 N–H and O–H groups in total. The van der Waals surface area contributed by atoms with Crippen LogP contribution in [-0.4, -0.2) is 37.0 Å². The second-order valence-corrected chi connectivity index (χ2v) is 6.39. The van der Waals surface area contributed by atoms with Gasteiger partial charge >= 0.3 is 0 Å². The molecule has 1 saturated heterocycles. The van der Waals surface area contributed by atoms with E-state index < -0.39 is 0 Å². The molecule has 3 rings (SSSR count). The number of ether oxygens (including phenoxy) is 1. The molecule has 1 aliphatic heterocycles. The molecule has 2 heterocycles. The van der Waals surface area contributed by atoms with Crippen molar-refractivity contribution in [2.75, 3.05) is 26.2 Å². The molecule has 1 aromatic carbocycles. The van der Waals surface area contributed by atoms with Crippen LogP contribution in [0, 0.1) is 0 Å². The molecule has 0 unspecified atom stereocenters. The van der Waals surface area contributed by atoms with E-state index in [1.54, 1.807) is 6.07 Å². The smallest absolute Gasteiger partial charge is 0.287 e. The number of para-hydroxylation sites is 1. The van der Waals surface area contributed by atoms with Crippen LogP contribution in [0.3, 0.4) is 0 Å². The summed E-state index contributed by atoms with van der Waals surface area (Å²) in [5.74, 6) is 0.945. The lowest BCUT2D eigenvalue weighted by molar-refractivity contribution is 0.0920. The van der Waals surface area contributed by atoms with E-state index in [2.05, 4.69) is 10.2 Å². The zero-order valence-corrected chi connectivity index (χ0v) is 14.6. The van der Waals surface area contributed by atoms with Gasteiger partial charge in [-0.15, -0.1) is 0 Å². The van der Waals surface area contributed by atoms with Crippen molar-refractivity contribution in [1.82, 2.24) is 10.2 Å². The molecule has 1 amide bonds. The van der Waals surface area contributed by atoms with Crippen molar-refractivity contribution in [1.29, 1.82) is 0 Å². The predicted octanol–water partition coefficient (Wildman–Crippen LogP) is 3.46. The lowest BCUT2D eigenvalue weighted by atomic mass is 10.1. The Morgan fingerprint density at radius 2 is 1.92 bits per heavy atom. The summed E-state index contributed by atoms with van der Waals surface area (Å²) in [6.07, 6.45) is 6.43. The number of hydrogen-bond acceptors (Lipinski definition) is 4. The normalized spacial score (nSPS) is 15.0. The number of nitrogens with one attached hydrogen (secondary N) is 1. The summed E-state index contributed by atoms with van der Waals surface area (Å²) in [6.45, 7) is 4.40. The molecule has 134 valence electrons. The van der Waals surface area contributed by atoms with Gasteiger partial charge in [-0.25, -0.2) is 0 Å². The summed E-state index contributed by atoms with van der Waals surface area (Å²) in [4.78, 5) is 14.8. The van der Waals surface area contributed by atoms with Gasteiger partial charge in [0, 0.05) is 12.1 Å². The first-order chi connectivity index (χ1) is 12.3. The third-order valence-electron chi connectivity index (χ3n) is 4.48. The number of likely N-dealkylation sites (tertiary alicyclic amines) is 1. The number of carbonyl (C=O) groups excluding carboxylic acids is 1. The zero-order chi connectivity index (χ0) is 17.3. The molecule has 0 aliphatic carbocycles. The van der Waals surface area contributed by atoms with Crippen LogP contribution in [0.4, 0.5) is 0 Å². The highest BCUT2D eigenvalue weighted by molar-refractivity contribution is 5.92. The number of rotatable bonds is 8. The standard InChI is InChI=1S/C20H26N2O3/c23-20(21-11-7-14-22-12-5-2-6-13-22)19-17(10-15-24-19)16-25-18-8-3-1-4-9-18/h1,3-4,8-10,15H,2,5-7,11-14,16H2,(H,21,23). The van der Waals surface area contributed by atoms with E-state index in [1.807, 2.05) is 30.3 Å². The van der Waals surface area contributed by atoms with Crippen molar-refractivity contribution in [3.8, 4) is 5.75 Å². The molecular formula is C20H26N2O3. The maximum absolute atomic E-state index is 12.3. The molecule has 5 heteroatoms. The lowest BCUT2D eigenvalue weighted by Crippen LogP contribution is -2.33. The SMILES string of the molecule is O=C(NCCCN1CCCCC1)c1occc1COc1ccccc1. The van der Waals surface area contributed by atoms with Crippen LogP contribution in [0.15, 0.2) is 47.1 Å². The average molecular weight is 342 g/mol. The number of furan rings is 1. The van der Waals surface area contributed by atoms with Gasteiger partial charge in [-0.05, 0) is 57.1 Å². The summed E-state index contributed by atoms with van der Waals surface area (Å²) in [6, 6.07) is 11.3. The molecule has 0 radical (unpaired) electrons.